The third-order valence-corrected chi connectivity index (χ3v) is 2.92. The highest BCUT2D eigenvalue weighted by atomic mass is 35.5. The van der Waals surface area contributed by atoms with E-state index in [1.165, 1.54) is 12.8 Å². The number of methoxy groups -OCH3 is 1. The van der Waals surface area contributed by atoms with Gasteiger partial charge >= 0.3 is 0 Å². The molecule has 1 aliphatic carbocycles. The van der Waals surface area contributed by atoms with Gasteiger partial charge in [0.05, 0.1) is 7.11 Å². The van der Waals surface area contributed by atoms with Crippen LogP contribution in [0.1, 0.15) is 24.4 Å². The van der Waals surface area contributed by atoms with Crippen LogP contribution in [0.2, 0.25) is 5.02 Å². The van der Waals surface area contributed by atoms with Crippen molar-refractivity contribution in [3.05, 3.63) is 28.8 Å². The Bertz CT molecular complexity index is 336. The lowest BCUT2D eigenvalue weighted by Gasteiger charge is -2.15. The first-order valence-corrected chi connectivity index (χ1v) is 5.19. The molecular formula is C11H14ClNO. The van der Waals surface area contributed by atoms with Crippen molar-refractivity contribution in [3.8, 4) is 5.75 Å². The van der Waals surface area contributed by atoms with Gasteiger partial charge < -0.3 is 10.5 Å². The van der Waals surface area contributed by atoms with Crippen molar-refractivity contribution in [2.45, 2.75) is 18.9 Å². The van der Waals surface area contributed by atoms with E-state index in [0.29, 0.717) is 10.9 Å². The molecule has 0 amide bonds. The Balaban J connectivity index is 2.30. The summed E-state index contributed by atoms with van der Waals surface area (Å²) in [5.74, 6) is 1.43. The first kappa shape index (κ1) is 9.81. The maximum Gasteiger partial charge on any atom is 0.125 e. The molecule has 1 saturated carbocycles. The second-order valence-corrected chi connectivity index (χ2v) is 4.19. The number of halogens is 1. The zero-order valence-corrected chi connectivity index (χ0v) is 8.92. The fraction of sp³-hybridized carbons (Fsp3) is 0.455. The summed E-state index contributed by atoms with van der Waals surface area (Å²) >= 11 is 5.87. The van der Waals surface area contributed by atoms with Crippen molar-refractivity contribution in [1.82, 2.24) is 0 Å². The van der Waals surface area contributed by atoms with E-state index in [1.807, 2.05) is 18.2 Å². The lowest BCUT2D eigenvalue weighted by molar-refractivity contribution is 0.403. The minimum atomic E-state index is 0.0993. The van der Waals surface area contributed by atoms with Crippen LogP contribution < -0.4 is 10.5 Å². The summed E-state index contributed by atoms with van der Waals surface area (Å²) in [5, 5.41) is 0.689. The van der Waals surface area contributed by atoms with Gasteiger partial charge in [-0.3, -0.25) is 0 Å². The van der Waals surface area contributed by atoms with E-state index >= 15 is 0 Å². The smallest absolute Gasteiger partial charge is 0.125 e. The van der Waals surface area contributed by atoms with Gasteiger partial charge in [-0.15, -0.1) is 0 Å². The molecule has 1 fully saturated rings. The maximum atomic E-state index is 6.10. The molecule has 2 nitrogen and oxygen atoms in total. The van der Waals surface area contributed by atoms with Crippen LogP contribution in [0.25, 0.3) is 0 Å². The maximum absolute atomic E-state index is 6.10. The van der Waals surface area contributed by atoms with E-state index < -0.39 is 0 Å². The molecule has 2 N–H and O–H groups in total. The van der Waals surface area contributed by atoms with E-state index in [-0.39, 0.29) is 6.04 Å². The summed E-state index contributed by atoms with van der Waals surface area (Å²) in [6, 6.07) is 5.74. The van der Waals surface area contributed by atoms with Crippen LogP contribution in [-0.4, -0.2) is 7.11 Å². The van der Waals surface area contributed by atoms with Crippen molar-refractivity contribution in [3.63, 3.8) is 0 Å². The van der Waals surface area contributed by atoms with Crippen LogP contribution in [0.15, 0.2) is 18.2 Å². The van der Waals surface area contributed by atoms with Crippen LogP contribution in [0.5, 0.6) is 5.75 Å². The topological polar surface area (TPSA) is 35.2 Å². The van der Waals surface area contributed by atoms with Gasteiger partial charge in [-0.1, -0.05) is 17.7 Å². The molecule has 0 aliphatic heterocycles. The monoisotopic (exact) mass is 211 g/mol. The average Bonchev–Trinajstić information content (AvgIpc) is 3.00. The summed E-state index contributed by atoms with van der Waals surface area (Å²) in [5.41, 5.74) is 7.17. The molecule has 2 rings (SSSR count). The lowest BCUT2D eigenvalue weighted by Crippen LogP contribution is -2.13. The highest BCUT2D eigenvalue weighted by Gasteiger charge is 2.31. The number of nitrogens with two attached hydrogens (primary N) is 1. The molecular weight excluding hydrogens is 198 g/mol. The molecule has 0 radical (unpaired) electrons. The Morgan fingerprint density at radius 2 is 2.21 bits per heavy atom. The first-order chi connectivity index (χ1) is 6.72. The van der Waals surface area contributed by atoms with Crippen LogP contribution in [-0.2, 0) is 0 Å². The molecule has 0 saturated heterocycles. The van der Waals surface area contributed by atoms with Gasteiger partial charge in [0.15, 0.2) is 0 Å². The number of ether oxygens (including phenoxy) is 1. The molecule has 1 atom stereocenters. The summed E-state index contributed by atoms with van der Waals surface area (Å²) in [4.78, 5) is 0. The van der Waals surface area contributed by atoms with Gasteiger partial charge in [0.25, 0.3) is 0 Å². The molecule has 0 aromatic heterocycles. The molecule has 14 heavy (non-hydrogen) atoms. The molecule has 0 heterocycles. The quantitative estimate of drug-likeness (QED) is 0.835. The van der Waals surface area contributed by atoms with E-state index in [2.05, 4.69) is 0 Å². The first-order valence-electron chi connectivity index (χ1n) is 4.81. The van der Waals surface area contributed by atoms with Gasteiger partial charge in [0.1, 0.15) is 5.75 Å². The highest BCUT2D eigenvalue weighted by Crippen LogP contribution is 2.42. The number of rotatable bonds is 3. The molecule has 0 bridgehead atoms. The van der Waals surface area contributed by atoms with Gasteiger partial charge in [0, 0.05) is 16.6 Å². The van der Waals surface area contributed by atoms with Gasteiger partial charge in [-0.2, -0.15) is 0 Å². The zero-order valence-electron chi connectivity index (χ0n) is 8.16. The van der Waals surface area contributed by atoms with Crippen molar-refractivity contribution < 1.29 is 4.74 Å². The second kappa shape index (κ2) is 3.79. The van der Waals surface area contributed by atoms with Crippen LogP contribution in [0.3, 0.4) is 0 Å². The summed E-state index contributed by atoms with van der Waals surface area (Å²) in [6.45, 7) is 0. The van der Waals surface area contributed by atoms with Gasteiger partial charge in [-0.05, 0) is 30.9 Å². The third-order valence-electron chi connectivity index (χ3n) is 2.68. The van der Waals surface area contributed by atoms with E-state index in [9.17, 15) is 0 Å². The van der Waals surface area contributed by atoms with Crippen LogP contribution >= 0.6 is 11.6 Å². The van der Waals surface area contributed by atoms with Crippen LogP contribution in [0, 0.1) is 5.92 Å². The predicted octanol–water partition coefficient (Wildman–Crippen LogP) is 2.76. The van der Waals surface area contributed by atoms with Crippen molar-refractivity contribution in [2.75, 3.05) is 7.11 Å². The SMILES string of the molecule is COc1cc(Cl)ccc1[C@H](N)C1CC1. The fourth-order valence-corrected chi connectivity index (χ4v) is 1.83. The predicted molar refractivity (Wildman–Crippen MR) is 57.7 cm³/mol. The molecule has 0 unspecified atom stereocenters. The standard InChI is InChI=1S/C11H14ClNO/c1-14-10-6-8(12)4-5-9(10)11(13)7-2-3-7/h4-7,11H,2-3,13H2,1H3/t11-/m1/s1. The molecule has 0 spiro atoms. The number of benzene rings is 1. The normalized spacial score (nSPS) is 17.9. The van der Waals surface area contributed by atoms with Crippen molar-refractivity contribution in [2.24, 2.45) is 11.7 Å². The van der Waals surface area contributed by atoms with E-state index in [0.717, 1.165) is 11.3 Å². The highest BCUT2D eigenvalue weighted by molar-refractivity contribution is 6.30. The van der Waals surface area contributed by atoms with Gasteiger partial charge in [0.2, 0.25) is 0 Å². The lowest BCUT2D eigenvalue weighted by atomic mass is 10.0. The molecule has 1 aromatic carbocycles. The number of hydrogen-bond acceptors (Lipinski definition) is 2. The Labute approximate surface area is 89.0 Å². The Morgan fingerprint density at radius 1 is 1.50 bits per heavy atom. The Kier molecular flexibility index (Phi) is 2.66. The average molecular weight is 212 g/mol. The third kappa shape index (κ3) is 1.86. The molecule has 3 heteroatoms. The zero-order chi connectivity index (χ0) is 10.1. The second-order valence-electron chi connectivity index (χ2n) is 3.75. The fourth-order valence-electron chi connectivity index (χ4n) is 1.67. The number of hydrogen-bond donors (Lipinski definition) is 1. The minimum absolute atomic E-state index is 0.0993. The van der Waals surface area contributed by atoms with E-state index in [1.54, 1.807) is 7.11 Å². The minimum Gasteiger partial charge on any atom is -0.496 e. The molecule has 1 aliphatic rings. The Hall–Kier alpha value is -0.730. The van der Waals surface area contributed by atoms with Gasteiger partial charge in [-0.25, -0.2) is 0 Å². The van der Waals surface area contributed by atoms with Crippen molar-refractivity contribution in [1.29, 1.82) is 0 Å². The largest absolute Gasteiger partial charge is 0.496 e. The summed E-state index contributed by atoms with van der Waals surface area (Å²) in [7, 11) is 1.65. The summed E-state index contributed by atoms with van der Waals surface area (Å²) < 4.78 is 5.26. The Morgan fingerprint density at radius 3 is 2.79 bits per heavy atom. The molecule has 1 aromatic rings. The summed E-state index contributed by atoms with van der Waals surface area (Å²) in [6.07, 6.45) is 2.46. The van der Waals surface area contributed by atoms with E-state index in [4.69, 9.17) is 22.1 Å². The van der Waals surface area contributed by atoms with Crippen LogP contribution in [0.4, 0.5) is 0 Å². The molecule has 76 valence electrons. The van der Waals surface area contributed by atoms with Crippen molar-refractivity contribution >= 4 is 11.6 Å².